The van der Waals surface area contributed by atoms with Crippen LogP contribution in [0.4, 0.5) is 11.4 Å². The lowest BCUT2D eigenvalue weighted by atomic mass is 10.1. The number of nitro benzene ring substituents is 1. The number of hydrogen-bond donors (Lipinski definition) is 1. The van der Waals surface area contributed by atoms with Crippen molar-refractivity contribution in [2.75, 3.05) is 19.5 Å². The summed E-state index contributed by atoms with van der Waals surface area (Å²) in [5, 5.41) is 22.9. The first-order chi connectivity index (χ1) is 13.8. The molecule has 0 bridgehead atoms. The minimum Gasteiger partial charge on any atom is -0.493 e. The summed E-state index contributed by atoms with van der Waals surface area (Å²) in [7, 11) is 2.60. The van der Waals surface area contributed by atoms with E-state index < -0.39 is 34.2 Å². The molecule has 0 saturated carbocycles. The third kappa shape index (κ3) is 4.78. The van der Waals surface area contributed by atoms with Crippen molar-refractivity contribution in [3.8, 4) is 17.6 Å². The highest BCUT2D eigenvalue weighted by atomic mass is 16.6. The molecule has 2 aromatic rings. The van der Waals surface area contributed by atoms with Gasteiger partial charge in [-0.15, -0.1) is 0 Å². The predicted molar refractivity (Wildman–Crippen MR) is 101 cm³/mol. The topological polar surface area (TPSA) is 141 Å². The van der Waals surface area contributed by atoms with E-state index in [4.69, 9.17) is 19.5 Å². The summed E-state index contributed by atoms with van der Waals surface area (Å²) in [6.45, 7) is 1.30. The van der Waals surface area contributed by atoms with Crippen LogP contribution in [0, 0.1) is 21.4 Å². The number of anilines is 1. The van der Waals surface area contributed by atoms with Crippen LogP contribution in [-0.4, -0.2) is 37.1 Å². The summed E-state index contributed by atoms with van der Waals surface area (Å²) in [4.78, 5) is 35.3. The highest BCUT2D eigenvalue weighted by molar-refractivity contribution is 5.99. The van der Waals surface area contributed by atoms with Gasteiger partial charge in [-0.2, -0.15) is 5.26 Å². The van der Waals surface area contributed by atoms with Gasteiger partial charge in [-0.25, -0.2) is 4.79 Å². The van der Waals surface area contributed by atoms with E-state index in [1.54, 1.807) is 12.1 Å². The third-order valence-corrected chi connectivity index (χ3v) is 3.88. The number of amides is 1. The normalized spacial score (nSPS) is 11.0. The van der Waals surface area contributed by atoms with Crippen molar-refractivity contribution >= 4 is 23.3 Å². The fraction of sp³-hybridized carbons (Fsp3) is 0.211. The second kappa shape index (κ2) is 9.18. The van der Waals surface area contributed by atoms with Gasteiger partial charge in [-0.1, -0.05) is 12.1 Å². The molecular formula is C19H17N3O7. The quantitative estimate of drug-likeness (QED) is 0.425. The van der Waals surface area contributed by atoms with Crippen molar-refractivity contribution in [1.82, 2.24) is 0 Å². The van der Waals surface area contributed by atoms with Crippen LogP contribution in [0.1, 0.15) is 22.8 Å². The van der Waals surface area contributed by atoms with Crippen LogP contribution in [0.15, 0.2) is 36.4 Å². The average molecular weight is 399 g/mol. The third-order valence-electron chi connectivity index (χ3n) is 3.88. The Labute approximate surface area is 165 Å². The molecule has 1 amide bonds. The van der Waals surface area contributed by atoms with Gasteiger partial charge in [0.05, 0.1) is 36.5 Å². The molecule has 0 aliphatic rings. The number of carbonyl (C=O) groups excluding carboxylic acids is 2. The number of nitro groups is 1. The lowest BCUT2D eigenvalue weighted by molar-refractivity contribution is -0.385. The number of methoxy groups -OCH3 is 2. The Hall–Kier alpha value is -4.13. The number of nitrogens with zero attached hydrogens (tertiary/aromatic N) is 2. The molecule has 0 saturated heterocycles. The SMILES string of the molecule is COc1cc(C(=O)O[C@@H](C)C(=O)Nc2ccccc2C#N)c([N+](=O)[O-])cc1OC. The van der Waals surface area contributed by atoms with Gasteiger partial charge in [0.1, 0.15) is 11.6 Å². The van der Waals surface area contributed by atoms with Gasteiger partial charge in [-0.3, -0.25) is 14.9 Å². The van der Waals surface area contributed by atoms with Crippen LogP contribution in [0.25, 0.3) is 0 Å². The molecule has 0 fully saturated rings. The first kappa shape index (κ1) is 21.2. The minimum absolute atomic E-state index is 0.0645. The maximum Gasteiger partial charge on any atom is 0.346 e. The Kier molecular flexibility index (Phi) is 6.71. The molecule has 1 N–H and O–H groups in total. The molecule has 1 atom stereocenters. The van der Waals surface area contributed by atoms with Gasteiger partial charge in [-0.05, 0) is 19.1 Å². The van der Waals surface area contributed by atoms with Gasteiger partial charge >= 0.3 is 5.97 Å². The van der Waals surface area contributed by atoms with Crippen LogP contribution in [0.3, 0.4) is 0 Å². The summed E-state index contributed by atoms with van der Waals surface area (Å²) in [5.74, 6) is -1.64. The van der Waals surface area contributed by atoms with E-state index >= 15 is 0 Å². The van der Waals surface area contributed by atoms with E-state index in [9.17, 15) is 19.7 Å². The van der Waals surface area contributed by atoms with Crippen molar-refractivity contribution in [2.24, 2.45) is 0 Å². The molecule has 2 aromatic carbocycles. The first-order valence-electron chi connectivity index (χ1n) is 8.23. The summed E-state index contributed by atoms with van der Waals surface area (Å²) in [6.07, 6.45) is -1.29. The zero-order valence-electron chi connectivity index (χ0n) is 15.8. The van der Waals surface area contributed by atoms with Gasteiger partial charge < -0.3 is 19.5 Å². The average Bonchev–Trinajstić information content (AvgIpc) is 2.72. The molecule has 0 unspecified atom stereocenters. The number of esters is 1. The number of nitrogens with one attached hydrogen (secondary N) is 1. The van der Waals surface area contributed by atoms with E-state index in [2.05, 4.69) is 5.32 Å². The van der Waals surface area contributed by atoms with Crippen molar-refractivity contribution < 1.29 is 28.7 Å². The fourth-order valence-corrected chi connectivity index (χ4v) is 2.38. The van der Waals surface area contributed by atoms with Gasteiger partial charge in [0.25, 0.3) is 11.6 Å². The van der Waals surface area contributed by atoms with Crippen molar-refractivity contribution in [3.63, 3.8) is 0 Å². The van der Waals surface area contributed by atoms with Gasteiger partial charge in [0, 0.05) is 6.07 Å². The van der Waals surface area contributed by atoms with Crippen molar-refractivity contribution in [3.05, 3.63) is 57.6 Å². The first-order valence-corrected chi connectivity index (χ1v) is 8.23. The molecule has 2 rings (SSSR count). The van der Waals surface area contributed by atoms with Crippen LogP contribution >= 0.6 is 0 Å². The Bertz CT molecular complexity index is 998. The predicted octanol–water partition coefficient (Wildman–Crippen LogP) is 2.67. The molecule has 0 spiro atoms. The van der Waals surface area contributed by atoms with E-state index in [0.29, 0.717) is 0 Å². The standard InChI is InChI=1S/C19H17N3O7/c1-11(18(23)21-14-7-5-4-6-12(14)10-20)29-19(24)13-8-16(27-2)17(28-3)9-15(13)22(25)26/h4-9,11H,1-3H3,(H,21,23)/t11-/m0/s1. The van der Waals surface area contributed by atoms with Crippen molar-refractivity contribution in [1.29, 1.82) is 5.26 Å². The van der Waals surface area contributed by atoms with E-state index in [-0.39, 0.29) is 22.7 Å². The van der Waals surface area contributed by atoms with Crippen LogP contribution < -0.4 is 14.8 Å². The Morgan fingerprint density at radius 2 is 1.79 bits per heavy atom. The van der Waals surface area contributed by atoms with Crippen LogP contribution in [0.5, 0.6) is 11.5 Å². The number of benzene rings is 2. The second-order valence-electron chi connectivity index (χ2n) is 5.68. The summed E-state index contributed by atoms with van der Waals surface area (Å²) in [6, 6.07) is 10.4. The summed E-state index contributed by atoms with van der Waals surface area (Å²) < 4.78 is 15.1. The maximum absolute atomic E-state index is 12.5. The number of rotatable bonds is 7. The zero-order chi connectivity index (χ0) is 21.6. The molecule has 0 heterocycles. The van der Waals surface area contributed by atoms with Gasteiger partial charge in [0.2, 0.25) is 0 Å². The molecule has 10 nitrogen and oxygen atoms in total. The molecule has 10 heteroatoms. The number of hydrogen-bond acceptors (Lipinski definition) is 8. The molecule has 0 radical (unpaired) electrons. The number of ether oxygens (including phenoxy) is 3. The number of nitriles is 1. The Morgan fingerprint density at radius 1 is 1.17 bits per heavy atom. The molecule has 29 heavy (non-hydrogen) atoms. The molecule has 0 aromatic heterocycles. The van der Waals surface area contributed by atoms with E-state index in [1.807, 2.05) is 6.07 Å². The number of carbonyl (C=O) groups is 2. The largest absolute Gasteiger partial charge is 0.493 e. The minimum atomic E-state index is -1.29. The van der Waals surface area contributed by atoms with Gasteiger partial charge in [0.15, 0.2) is 17.6 Å². The lowest BCUT2D eigenvalue weighted by Gasteiger charge is -2.15. The highest BCUT2D eigenvalue weighted by Crippen LogP contribution is 2.35. The summed E-state index contributed by atoms with van der Waals surface area (Å²) in [5.41, 5.74) is -0.477. The maximum atomic E-state index is 12.5. The highest BCUT2D eigenvalue weighted by Gasteiger charge is 2.28. The second-order valence-corrected chi connectivity index (χ2v) is 5.68. The van der Waals surface area contributed by atoms with E-state index in [1.165, 1.54) is 33.3 Å². The van der Waals surface area contributed by atoms with Crippen LogP contribution in [-0.2, 0) is 9.53 Å². The van der Waals surface area contributed by atoms with Crippen LogP contribution in [0.2, 0.25) is 0 Å². The summed E-state index contributed by atoms with van der Waals surface area (Å²) >= 11 is 0. The number of para-hydroxylation sites is 1. The molecule has 0 aliphatic carbocycles. The zero-order valence-corrected chi connectivity index (χ0v) is 15.8. The Morgan fingerprint density at radius 3 is 2.38 bits per heavy atom. The smallest absolute Gasteiger partial charge is 0.346 e. The molecule has 150 valence electrons. The molecule has 0 aliphatic heterocycles. The fourth-order valence-electron chi connectivity index (χ4n) is 2.38. The monoisotopic (exact) mass is 399 g/mol. The Balaban J connectivity index is 2.23. The lowest BCUT2D eigenvalue weighted by Crippen LogP contribution is -2.30. The molecular weight excluding hydrogens is 382 g/mol. The van der Waals surface area contributed by atoms with E-state index in [0.717, 1.165) is 12.1 Å². The van der Waals surface area contributed by atoms with Crippen molar-refractivity contribution in [2.45, 2.75) is 13.0 Å².